The molecule has 2 aliphatic rings. The molecular formula is C27H36N2O6S2. The number of sulfone groups is 1. The van der Waals surface area contributed by atoms with E-state index in [4.69, 9.17) is 9.47 Å². The van der Waals surface area contributed by atoms with Crippen molar-refractivity contribution in [1.82, 2.24) is 9.88 Å². The number of fused-ring (bicyclic) bond motifs is 2. The fourth-order valence-corrected chi connectivity index (χ4v) is 7.06. The molecule has 202 valence electrons. The number of carbonyl (C=O) groups excluding carboxylic acids is 2. The number of ketones is 1. The van der Waals surface area contributed by atoms with E-state index in [1.54, 1.807) is 24.0 Å². The Morgan fingerprint density at radius 1 is 1.24 bits per heavy atom. The summed E-state index contributed by atoms with van der Waals surface area (Å²) >= 11 is 1.51. The van der Waals surface area contributed by atoms with Crippen molar-refractivity contribution in [3.05, 3.63) is 45.4 Å². The third-order valence-corrected chi connectivity index (χ3v) is 9.92. The topological polar surface area (TPSA) is 103 Å². The molecule has 1 fully saturated rings. The summed E-state index contributed by atoms with van der Waals surface area (Å²) in [5.74, 6) is 0.0683. The standard InChI is InChI=1S/C27H36N2O6S2/c1-6-37(32,33)21-9-7-20(28-17-21)8-10-22(30)23-16-19-15-18(2)34-27(24(19)36-23)11-13-29(14-12-27)25(31)35-26(3,4)5/h7,9,16-18H,6,8,10-15H2,1-5H3. The second kappa shape index (κ2) is 10.5. The van der Waals surface area contributed by atoms with Gasteiger partial charge in [-0.1, -0.05) is 6.92 Å². The van der Waals surface area contributed by atoms with Crippen LogP contribution in [0.5, 0.6) is 0 Å². The summed E-state index contributed by atoms with van der Waals surface area (Å²) in [6.45, 7) is 10.3. The van der Waals surface area contributed by atoms with Crippen LogP contribution in [0, 0.1) is 0 Å². The van der Waals surface area contributed by atoms with Crippen LogP contribution < -0.4 is 0 Å². The molecule has 10 heteroatoms. The number of likely N-dealkylation sites (tertiary alicyclic amines) is 1. The Morgan fingerprint density at radius 2 is 1.95 bits per heavy atom. The molecule has 0 saturated carbocycles. The molecule has 2 aromatic heterocycles. The van der Waals surface area contributed by atoms with Crippen molar-refractivity contribution in [2.45, 2.75) is 88.9 Å². The van der Waals surface area contributed by atoms with Gasteiger partial charge in [0.2, 0.25) is 0 Å². The number of amides is 1. The largest absolute Gasteiger partial charge is 0.444 e. The molecule has 2 aliphatic heterocycles. The lowest BCUT2D eigenvalue weighted by molar-refractivity contribution is -0.129. The molecule has 1 amide bonds. The first-order chi connectivity index (χ1) is 17.3. The minimum absolute atomic E-state index is 0.0262. The number of carbonyl (C=O) groups is 2. The van der Waals surface area contributed by atoms with Gasteiger partial charge in [0, 0.05) is 36.3 Å². The highest BCUT2D eigenvalue weighted by Gasteiger charge is 2.45. The zero-order chi connectivity index (χ0) is 27.0. The van der Waals surface area contributed by atoms with Crippen molar-refractivity contribution in [3.63, 3.8) is 0 Å². The molecule has 8 nitrogen and oxygen atoms in total. The van der Waals surface area contributed by atoms with Crippen LogP contribution in [0.2, 0.25) is 0 Å². The van der Waals surface area contributed by atoms with Crippen LogP contribution in [0.1, 0.15) is 79.7 Å². The SMILES string of the molecule is CCS(=O)(=O)c1ccc(CCC(=O)c2cc3c(s2)C2(CCN(C(=O)OC(C)(C)C)CC2)OC(C)C3)nc1. The Labute approximate surface area is 223 Å². The second-order valence-electron chi connectivity index (χ2n) is 10.9. The lowest BCUT2D eigenvalue weighted by atomic mass is 9.84. The maximum atomic E-state index is 13.1. The van der Waals surface area contributed by atoms with Crippen molar-refractivity contribution in [1.29, 1.82) is 0 Å². The Balaban J connectivity index is 1.44. The molecule has 4 heterocycles. The molecule has 4 rings (SSSR count). The summed E-state index contributed by atoms with van der Waals surface area (Å²) in [5, 5.41) is 0. The van der Waals surface area contributed by atoms with Crippen LogP contribution in [0.25, 0.3) is 0 Å². The number of ether oxygens (including phenoxy) is 2. The molecule has 0 radical (unpaired) electrons. The van der Waals surface area contributed by atoms with Crippen molar-refractivity contribution < 1.29 is 27.5 Å². The Bertz CT molecular complexity index is 1250. The first-order valence-electron chi connectivity index (χ1n) is 12.8. The van der Waals surface area contributed by atoms with Crippen molar-refractivity contribution in [2.75, 3.05) is 18.8 Å². The first-order valence-corrected chi connectivity index (χ1v) is 15.3. The van der Waals surface area contributed by atoms with E-state index in [0.29, 0.717) is 49.3 Å². The van der Waals surface area contributed by atoms with Gasteiger partial charge in [0.25, 0.3) is 0 Å². The fourth-order valence-electron chi connectivity index (χ4n) is 4.89. The fraction of sp³-hybridized carbons (Fsp3) is 0.593. The summed E-state index contributed by atoms with van der Waals surface area (Å²) < 4.78 is 36.0. The molecule has 0 aliphatic carbocycles. The van der Waals surface area contributed by atoms with E-state index in [1.165, 1.54) is 17.5 Å². The zero-order valence-electron chi connectivity index (χ0n) is 22.2. The Hall–Kier alpha value is -2.30. The van der Waals surface area contributed by atoms with E-state index in [-0.39, 0.29) is 28.6 Å². The van der Waals surface area contributed by atoms with Gasteiger partial charge in [0.05, 0.1) is 21.6 Å². The van der Waals surface area contributed by atoms with Crippen molar-refractivity contribution in [2.24, 2.45) is 0 Å². The van der Waals surface area contributed by atoms with Crippen LogP contribution in [0.4, 0.5) is 4.79 Å². The van der Waals surface area contributed by atoms with Gasteiger partial charge in [-0.2, -0.15) is 0 Å². The number of aryl methyl sites for hydroxylation is 1. The molecule has 1 saturated heterocycles. The van der Waals surface area contributed by atoms with Gasteiger partial charge in [-0.15, -0.1) is 11.3 Å². The number of hydrogen-bond donors (Lipinski definition) is 0. The quantitative estimate of drug-likeness (QED) is 0.471. The van der Waals surface area contributed by atoms with Crippen molar-refractivity contribution in [3.8, 4) is 0 Å². The average molecular weight is 549 g/mol. The van der Waals surface area contributed by atoms with Gasteiger partial charge in [0.15, 0.2) is 15.6 Å². The summed E-state index contributed by atoms with van der Waals surface area (Å²) in [4.78, 5) is 33.7. The maximum Gasteiger partial charge on any atom is 0.410 e. The lowest BCUT2D eigenvalue weighted by Gasteiger charge is -2.45. The number of aromatic nitrogens is 1. The van der Waals surface area contributed by atoms with E-state index < -0.39 is 21.0 Å². The van der Waals surface area contributed by atoms with Gasteiger partial charge < -0.3 is 14.4 Å². The molecule has 2 aromatic rings. The van der Waals surface area contributed by atoms with Gasteiger partial charge in [-0.25, -0.2) is 13.2 Å². The van der Waals surface area contributed by atoms with Crippen LogP contribution >= 0.6 is 11.3 Å². The van der Waals surface area contributed by atoms with Gasteiger partial charge in [-0.3, -0.25) is 9.78 Å². The first kappa shape index (κ1) is 27.7. The summed E-state index contributed by atoms with van der Waals surface area (Å²) in [6.07, 6.45) is 3.91. The van der Waals surface area contributed by atoms with Crippen LogP contribution in [-0.2, 0) is 37.8 Å². The number of hydrogen-bond acceptors (Lipinski definition) is 8. The number of nitrogens with zero attached hydrogens (tertiary/aromatic N) is 2. The van der Waals surface area contributed by atoms with E-state index in [9.17, 15) is 18.0 Å². The van der Waals surface area contributed by atoms with E-state index in [2.05, 4.69) is 11.9 Å². The molecule has 1 spiro atoms. The highest BCUT2D eigenvalue weighted by molar-refractivity contribution is 7.91. The third kappa shape index (κ3) is 6.23. The number of piperidine rings is 1. The Kier molecular flexibility index (Phi) is 7.84. The smallest absolute Gasteiger partial charge is 0.410 e. The molecule has 1 unspecified atom stereocenters. The monoisotopic (exact) mass is 548 g/mol. The molecule has 0 N–H and O–H groups in total. The number of Topliss-reactive ketones (excluding diaryl/α,β-unsaturated/α-hetero) is 1. The molecule has 1 atom stereocenters. The molecule has 0 aromatic carbocycles. The highest BCUT2D eigenvalue weighted by Crippen LogP contribution is 2.47. The van der Waals surface area contributed by atoms with Crippen LogP contribution in [-0.4, -0.2) is 60.7 Å². The highest BCUT2D eigenvalue weighted by atomic mass is 32.2. The predicted molar refractivity (Wildman–Crippen MR) is 142 cm³/mol. The number of thiophene rings is 1. The maximum absolute atomic E-state index is 13.1. The van der Waals surface area contributed by atoms with Crippen LogP contribution in [0.15, 0.2) is 29.3 Å². The molecular weight excluding hydrogens is 512 g/mol. The lowest BCUT2D eigenvalue weighted by Crippen LogP contribution is -2.50. The predicted octanol–water partition coefficient (Wildman–Crippen LogP) is 4.94. The van der Waals surface area contributed by atoms with Crippen LogP contribution in [0.3, 0.4) is 0 Å². The average Bonchev–Trinajstić information content (AvgIpc) is 3.27. The van der Waals surface area contributed by atoms with Crippen molar-refractivity contribution >= 4 is 33.1 Å². The minimum atomic E-state index is -3.29. The zero-order valence-corrected chi connectivity index (χ0v) is 23.8. The van der Waals surface area contributed by atoms with E-state index >= 15 is 0 Å². The van der Waals surface area contributed by atoms with E-state index in [1.807, 2.05) is 26.8 Å². The minimum Gasteiger partial charge on any atom is -0.444 e. The van der Waals surface area contributed by atoms with Gasteiger partial charge in [-0.05, 0) is 77.1 Å². The Morgan fingerprint density at radius 3 is 2.54 bits per heavy atom. The number of pyridine rings is 1. The normalized spacial score (nSPS) is 19.5. The summed E-state index contributed by atoms with van der Waals surface area (Å²) in [5.41, 5.74) is 0.817. The third-order valence-electron chi connectivity index (χ3n) is 6.80. The number of rotatable bonds is 6. The summed E-state index contributed by atoms with van der Waals surface area (Å²) in [6, 6.07) is 5.24. The molecule has 37 heavy (non-hydrogen) atoms. The second-order valence-corrected chi connectivity index (χ2v) is 14.2. The molecule has 0 bridgehead atoms. The summed E-state index contributed by atoms with van der Waals surface area (Å²) in [7, 11) is -3.29. The van der Waals surface area contributed by atoms with E-state index in [0.717, 1.165) is 16.9 Å². The van der Waals surface area contributed by atoms with Gasteiger partial charge >= 0.3 is 6.09 Å². The van der Waals surface area contributed by atoms with Gasteiger partial charge in [0.1, 0.15) is 11.2 Å².